The number of aromatic nitrogens is 1. The van der Waals surface area contributed by atoms with Crippen LogP contribution < -0.4 is 10.2 Å². The van der Waals surface area contributed by atoms with Gasteiger partial charge in [0.15, 0.2) is 0 Å². The Morgan fingerprint density at radius 3 is 2.87 bits per heavy atom. The van der Waals surface area contributed by atoms with Crippen molar-refractivity contribution in [1.29, 1.82) is 0 Å². The molecule has 1 aromatic carbocycles. The van der Waals surface area contributed by atoms with E-state index in [0.717, 1.165) is 24.5 Å². The largest absolute Gasteiger partial charge is 0.378 e. The maximum atomic E-state index is 12.2. The SMILES string of the molecule is O=C(NCc1cccnc1N1CCOCC1)c1cccc(Cl)c1. The van der Waals surface area contributed by atoms with Crippen molar-refractivity contribution in [3.8, 4) is 0 Å². The minimum Gasteiger partial charge on any atom is -0.378 e. The molecule has 0 bridgehead atoms. The first-order chi connectivity index (χ1) is 11.2. The van der Waals surface area contributed by atoms with Crippen LogP contribution in [0.4, 0.5) is 5.82 Å². The van der Waals surface area contributed by atoms with Crippen LogP contribution in [0.2, 0.25) is 5.02 Å². The van der Waals surface area contributed by atoms with Gasteiger partial charge in [0, 0.05) is 42.0 Å². The number of benzene rings is 1. The Bertz CT molecular complexity index is 687. The van der Waals surface area contributed by atoms with Crippen molar-refractivity contribution in [2.45, 2.75) is 6.54 Å². The lowest BCUT2D eigenvalue weighted by Crippen LogP contribution is -2.37. The fourth-order valence-corrected chi connectivity index (χ4v) is 2.73. The molecule has 2 heterocycles. The molecule has 120 valence electrons. The predicted molar refractivity (Wildman–Crippen MR) is 89.9 cm³/mol. The van der Waals surface area contributed by atoms with Crippen LogP contribution >= 0.6 is 11.6 Å². The minimum atomic E-state index is -0.149. The second kappa shape index (κ2) is 7.44. The van der Waals surface area contributed by atoms with Crippen molar-refractivity contribution < 1.29 is 9.53 Å². The van der Waals surface area contributed by atoms with E-state index >= 15 is 0 Å². The first-order valence-corrected chi connectivity index (χ1v) is 7.92. The van der Waals surface area contributed by atoms with Crippen LogP contribution in [0.3, 0.4) is 0 Å². The summed E-state index contributed by atoms with van der Waals surface area (Å²) in [6.45, 7) is 3.44. The van der Waals surface area contributed by atoms with Gasteiger partial charge in [-0.3, -0.25) is 4.79 Å². The Hall–Kier alpha value is -2.11. The van der Waals surface area contributed by atoms with Gasteiger partial charge in [0.25, 0.3) is 5.91 Å². The number of morpholine rings is 1. The molecule has 5 nitrogen and oxygen atoms in total. The lowest BCUT2D eigenvalue weighted by Gasteiger charge is -2.29. The molecule has 0 aliphatic carbocycles. The number of nitrogens with one attached hydrogen (secondary N) is 1. The standard InChI is InChI=1S/C17H18ClN3O2/c18-15-5-1-3-13(11-15)17(22)20-12-14-4-2-6-19-16(14)21-7-9-23-10-8-21/h1-6,11H,7-10,12H2,(H,20,22). The molecule has 1 fully saturated rings. The van der Waals surface area contributed by atoms with Gasteiger partial charge in [-0.25, -0.2) is 4.98 Å². The Labute approximate surface area is 140 Å². The average Bonchev–Trinajstić information content (AvgIpc) is 2.60. The molecule has 1 aliphatic heterocycles. The quantitative estimate of drug-likeness (QED) is 0.935. The molecule has 1 amide bonds. The van der Waals surface area contributed by atoms with E-state index in [1.54, 1.807) is 30.5 Å². The summed E-state index contributed by atoms with van der Waals surface area (Å²) in [7, 11) is 0. The molecule has 1 aromatic heterocycles. The van der Waals surface area contributed by atoms with Gasteiger partial charge in [0.2, 0.25) is 0 Å². The van der Waals surface area contributed by atoms with E-state index in [-0.39, 0.29) is 5.91 Å². The molecular weight excluding hydrogens is 314 g/mol. The normalized spacial score (nSPS) is 14.6. The summed E-state index contributed by atoms with van der Waals surface area (Å²) in [6, 6.07) is 10.8. The highest BCUT2D eigenvalue weighted by Gasteiger charge is 2.16. The summed E-state index contributed by atoms with van der Waals surface area (Å²) in [5, 5.41) is 3.48. The number of halogens is 1. The number of ether oxygens (including phenoxy) is 1. The van der Waals surface area contributed by atoms with Crippen molar-refractivity contribution in [2.24, 2.45) is 0 Å². The number of carbonyl (C=O) groups excluding carboxylic acids is 1. The summed E-state index contributed by atoms with van der Waals surface area (Å²) < 4.78 is 5.38. The number of hydrogen-bond acceptors (Lipinski definition) is 4. The van der Waals surface area contributed by atoms with E-state index in [1.807, 2.05) is 12.1 Å². The van der Waals surface area contributed by atoms with E-state index in [9.17, 15) is 4.79 Å². The van der Waals surface area contributed by atoms with Crippen LogP contribution in [0, 0.1) is 0 Å². The Kier molecular flexibility index (Phi) is 5.10. The Morgan fingerprint density at radius 2 is 2.09 bits per heavy atom. The summed E-state index contributed by atoms with van der Waals surface area (Å²) in [5.41, 5.74) is 1.54. The lowest BCUT2D eigenvalue weighted by atomic mass is 10.2. The van der Waals surface area contributed by atoms with E-state index in [4.69, 9.17) is 16.3 Å². The summed E-state index contributed by atoms with van der Waals surface area (Å²) in [6.07, 6.45) is 1.77. The summed E-state index contributed by atoms with van der Waals surface area (Å²) in [4.78, 5) is 18.9. The topological polar surface area (TPSA) is 54.5 Å². The molecule has 23 heavy (non-hydrogen) atoms. The molecule has 1 saturated heterocycles. The number of hydrogen-bond donors (Lipinski definition) is 1. The fourth-order valence-electron chi connectivity index (χ4n) is 2.54. The average molecular weight is 332 g/mol. The van der Waals surface area contributed by atoms with E-state index in [1.165, 1.54) is 0 Å². The van der Waals surface area contributed by atoms with Gasteiger partial charge in [0.1, 0.15) is 5.82 Å². The van der Waals surface area contributed by atoms with Crippen LogP contribution in [-0.2, 0) is 11.3 Å². The highest BCUT2D eigenvalue weighted by Crippen LogP contribution is 2.18. The third-order valence-corrected chi connectivity index (χ3v) is 3.94. The van der Waals surface area contributed by atoms with Crippen LogP contribution in [0.25, 0.3) is 0 Å². The molecule has 0 radical (unpaired) electrons. The van der Waals surface area contributed by atoms with Gasteiger partial charge in [-0.1, -0.05) is 23.7 Å². The molecule has 3 rings (SSSR count). The smallest absolute Gasteiger partial charge is 0.251 e. The van der Waals surface area contributed by atoms with Crippen molar-refractivity contribution in [3.63, 3.8) is 0 Å². The molecule has 0 unspecified atom stereocenters. The number of pyridine rings is 1. The van der Waals surface area contributed by atoms with Gasteiger partial charge in [-0.05, 0) is 24.3 Å². The third kappa shape index (κ3) is 4.00. The second-order valence-corrected chi connectivity index (χ2v) is 5.72. The van der Waals surface area contributed by atoms with Gasteiger partial charge in [-0.15, -0.1) is 0 Å². The predicted octanol–water partition coefficient (Wildman–Crippen LogP) is 2.50. The molecule has 6 heteroatoms. The van der Waals surface area contributed by atoms with Crippen molar-refractivity contribution in [3.05, 3.63) is 58.7 Å². The number of anilines is 1. The molecule has 1 N–H and O–H groups in total. The second-order valence-electron chi connectivity index (χ2n) is 5.28. The van der Waals surface area contributed by atoms with Crippen molar-refractivity contribution >= 4 is 23.3 Å². The molecular formula is C17H18ClN3O2. The van der Waals surface area contributed by atoms with Crippen LogP contribution in [0.1, 0.15) is 15.9 Å². The number of nitrogens with zero attached hydrogens (tertiary/aromatic N) is 2. The molecule has 2 aromatic rings. The van der Waals surface area contributed by atoms with E-state index < -0.39 is 0 Å². The minimum absolute atomic E-state index is 0.149. The molecule has 0 atom stereocenters. The number of rotatable bonds is 4. The van der Waals surface area contributed by atoms with Crippen molar-refractivity contribution in [1.82, 2.24) is 10.3 Å². The van der Waals surface area contributed by atoms with Gasteiger partial charge >= 0.3 is 0 Å². The first kappa shape index (κ1) is 15.8. The Morgan fingerprint density at radius 1 is 1.26 bits per heavy atom. The van der Waals surface area contributed by atoms with E-state index in [2.05, 4.69) is 15.2 Å². The molecule has 0 saturated carbocycles. The fraction of sp³-hybridized carbons (Fsp3) is 0.294. The first-order valence-electron chi connectivity index (χ1n) is 7.54. The van der Waals surface area contributed by atoms with Crippen LogP contribution in [-0.4, -0.2) is 37.2 Å². The van der Waals surface area contributed by atoms with Gasteiger partial charge in [0.05, 0.1) is 13.2 Å². The maximum absolute atomic E-state index is 12.2. The number of carbonyl (C=O) groups is 1. The van der Waals surface area contributed by atoms with E-state index in [0.29, 0.717) is 30.3 Å². The molecule has 1 aliphatic rings. The van der Waals surface area contributed by atoms with Gasteiger partial charge < -0.3 is 15.0 Å². The monoisotopic (exact) mass is 331 g/mol. The third-order valence-electron chi connectivity index (χ3n) is 3.70. The zero-order chi connectivity index (χ0) is 16.1. The highest BCUT2D eigenvalue weighted by molar-refractivity contribution is 6.30. The lowest BCUT2D eigenvalue weighted by molar-refractivity contribution is 0.0950. The van der Waals surface area contributed by atoms with Crippen LogP contribution in [0.15, 0.2) is 42.6 Å². The number of amides is 1. The summed E-state index contributed by atoms with van der Waals surface area (Å²) in [5.74, 6) is 0.756. The van der Waals surface area contributed by atoms with Crippen LogP contribution in [0.5, 0.6) is 0 Å². The Balaban J connectivity index is 1.69. The highest BCUT2D eigenvalue weighted by atomic mass is 35.5. The maximum Gasteiger partial charge on any atom is 0.251 e. The summed E-state index contributed by atoms with van der Waals surface area (Å²) >= 11 is 5.92. The molecule has 0 spiro atoms. The van der Waals surface area contributed by atoms with Gasteiger partial charge in [-0.2, -0.15) is 0 Å². The zero-order valence-corrected chi connectivity index (χ0v) is 13.4. The zero-order valence-electron chi connectivity index (χ0n) is 12.7. The van der Waals surface area contributed by atoms with Crippen molar-refractivity contribution in [2.75, 3.05) is 31.2 Å².